The van der Waals surface area contributed by atoms with E-state index in [0.29, 0.717) is 35.5 Å². The van der Waals surface area contributed by atoms with Crippen molar-refractivity contribution < 1.29 is 37.0 Å². The monoisotopic (exact) mass is 655 g/mol. The van der Waals surface area contributed by atoms with Crippen molar-refractivity contribution in [2.24, 2.45) is 28.3 Å². The Bertz CT molecular complexity index is 1380. The third-order valence-corrected chi connectivity index (χ3v) is 10.5. The largest absolute Gasteiger partial charge is 0.487 e. The van der Waals surface area contributed by atoms with E-state index in [1.54, 1.807) is 28.9 Å². The fourth-order valence-electron chi connectivity index (χ4n) is 7.29. The number of carbonyl (C=O) groups is 3. The van der Waals surface area contributed by atoms with E-state index in [1.165, 1.54) is 14.2 Å². The van der Waals surface area contributed by atoms with E-state index in [-0.39, 0.29) is 55.1 Å². The molecule has 4 aliphatic rings. The molecule has 1 spiro atoms. The highest BCUT2D eigenvalue weighted by Gasteiger charge is 2.55. The van der Waals surface area contributed by atoms with E-state index in [1.807, 2.05) is 0 Å². The minimum atomic E-state index is -2.95. The van der Waals surface area contributed by atoms with Gasteiger partial charge in [0.2, 0.25) is 11.8 Å². The van der Waals surface area contributed by atoms with Gasteiger partial charge in [-0.15, -0.1) is 0 Å². The minimum absolute atomic E-state index is 0.0304. The maximum atomic E-state index is 14.9. The Labute approximate surface area is 265 Å². The number of nitrogens with zero attached hydrogens (tertiary/aromatic N) is 3. The number of allylic oxidation sites excluding steroid dienone is 1. The van der Waals surface area contributed by atoms with Crippen LogP contribution < -0.4 is 16.3 Å². The van der Waals surface area contributed by atoms with Crippen LogP contribution in [0.2, 0.25) is 5.02 Å². The summed E-state index contributed by atoms with van der Waals surface area (Å²) in [4.78, 5) is 44.0. The van der Waals surface area contributed by atoms with Crippen LogP contribution in [0.5, 0.6) is 5.75 Å². The van der Waals surface area contributed by atoms with Crippen molar-refractivity contribution in [2.45, 2.75) is 70.5 Å². The van der Waals surface area contributed by atoms with Crippen molar-refractivity contribution in [3.63, 3.8) is 0 Å². The first-order chi connectivity index (χ1) is 21.2. The molecule has 10 nitrogen and oxygen atoms in total. The smallest absolute Gasteiger partial charge is 0.312 e. The van der Waals surface area contributed by atoms with E-state index in [0.717, 1.165) is 17.9 Å². The molecule has 2 amide bonds. The van der Waals surface area contributed by atoms with Crippen LogP contribution in [0.1, 0.15) is 62.6 Å². The number of carbonyl (C=O) groups excluding carboxylic acids is 3. The van der Waals surface area contributed by atoms with Crippen LogP contribution in [-0.2, 0) is 25.5 Å². The van der Waals surface area contributed by atoms with Gasteiger partial charge in [0, 0.05) is 43.7 Å². The first-order valence-electron chi connectivity index (χ1n) is 15.2. The molecule has 5 rings (SSSR count). The third kappa shape index (κ3) is 6.30. The van der Waals surface area contributed by atoms with Gasteiger partial charge in [-0.3, -0.25) is 14.4 Å². The molecule has 0 bridgehead atoms. The quantitative estimate of drug-likeness (QED) is 0.234. The number of amides is 2. The van der Waals surface area contributed by atoms with E-state index >= 15 is 0 Å². The number of hydrogen-bond acceptors (Lipinski definition) is 8. The highest BCUT2D eigenvalue weighted by molar-refractivity contribution is 6.31. The summed E-state index contributed by atoms with van der Waals surface area (Å²) < 4.78 is 53.3. The first-order valence-corrected chi connectivity index (χ1v) is 15.6. The summed E-state index contributed by atoms with van der Waals surface area (Å²) >= 11 is 6.67. The molecule has 1 saturated heterocycles. The van der Waals surface area contributed by atoms with Crippen LogP contribution >= 0.6 is 11.6 Å². The van der Waals surface area contributed by atoms with Crippen molar-refractivity contribution in [3.8, 4) is 5.75 Å². The standard InChI is InChI=1S/C31H41ClF3N5O5/c1-30(29(43)44-3)8-6-17(33)12-19(30)28(42)40-11-7-18-20(32)4-5-23(45-15-21(36)26(27(34)35)38(2)37)25(18)22(40)14-39-16-31(9-10-31)13-24(39)41/h4-5,17,19,22,27H,6-16,36-37H2,1-3H3/b26-21-/t17-,19-,22?,30-/m0/s1. The molecule has 45 heavy (non-hydrogen) atoms. The number of likely N-dealkylation sites (tertiary alicyclic amines) is 1. The van der Waals surface area contributed by atoms with Gasteiger partial charge in [-0.05, 0) is 68.6 Å². The maximum absolute atomic E-state index is 14.9. The number of ether oxygens (including phenoxy) is 2. The lowest BCUT2D eigenvalue weighted by molar-refractivity contribution is -0.167. The fraction of sp³-hybridized carbons (Fsp3) is 0.645. The Balaban J connectivity index is 1.55. The molecule has 4 N–H and O–H groups in total. The molecule has 1 aromatic carbocycles. The van der Waals surface area contributed by atoms with E-state index in [9.17, 15) is 27.6 Å². The molecule has 1 unspecified atom stereocenters. The summed E-state index contributed by atoms with van der Waals surface area (Å²) in [7, 11) is 2.49. The molecule has 0 radical (unpaired) electrons. The molecule has 2 heterocycles. The Kier molecular flexibility index (Phi) is 9.25. The number of rotatable bonds is 9. The summed E-state index contributed by atoms with van der Waals surface area (Å²) in [6.45, 7) is 2.07. The van der Waals surface area contributed by atoms with Crippen molar-refractivity contribution in [1.29, 1.82) is 0 Å². The van der Waals surface area contributed by atoms with Gasteiger partial charge in [-0.25, -0.2) is 19.0 Å². The average Bonchev–Trinajstić information content (AvgIpc) is 3.67. The predicted molar refractivity (Wildman–Crippen MR) is 159 cm³/mol. The zero-order valence-electron chi connectivity index (χ0n) is 25.8. The van der Waals surface area contributed by atoms with Gasteiger partial charge in [0.1, 0.15) is 24.2 Å². The zero-order chi connectivity index (χ0) is 32.8. The second-order valence-corrected chi connectivity index (χ2v) is 13.5. The van der Waals surface area contributed by atoms with E-state index in [2.05, 4.69) is 0 Å². The van der Waals surface area contributed by atoms with Crippen LogP contribution in [0, 0.1) is 16.7 Å². The van der Waals surface area contributed by atoms with Crippen LogP contribution in [-0.4, -0.2) is 85.6 Å². The second-order valence-electron chi connectivity index (χ2n) is 13.1. The molecular weight excluding hydrogens is 615 g/mol. The number of benzene rings is 1. The predicted octanol–water partition coefficient (Wildman–Crippen LogP) is 3.72. The maximum Gasteiger partial charge on any atom is 0.312 e. The van der Waals surface area contributed by atoms with Gasteiger partial charge < -0.3 is 30.0 Å². The SMILES string of the molecule is COC(=O)[C@@]1(C)CC[C@H](F)C[C@H]1C(=O)N1CCc2c(Cl)ccc(OC/C(N)=C(\C(F)F)N(C)N)c2C1CN1CC2(CC2)CC1=O. The molecule has 1 aromatic rings. The Hall–Kier alpha value is -3.19. The molecule has 2 aliphatic heterocycles. The van der Waals surface area contributed by atoms with Crippen molar-refractivity contribution in [3.05, 3.63) is 39.7 Å². The Morgan fingerprint density at radius 1 is 1.24 bits per heavy atom. The lowest BCUT2D eigenvalue weighted by Gasteiger charge is -2.46. The molecule has 2 aliphatic carbocycles. The fourth-order valence-corrected chi connectivity index (χ4v) is 7.55. The normalized spacial score (nSPS) is 27.8. The summed E-state index contributed by atoms with van der Waals surface area (Å²) in [6.07, 6.45) is -1.44. The number of nitrogens with two attached hydrogens (primary N) is 2. The van der Waals surface area contributed by atoms with Crippen molar-refractivity contribution in [2.75, 3.05) is 40.4 Å². The van der Waals surface area contributed by atoms with Crippen LogP contribution in [0.15, 0.2) is 23.5 Å². The summed E-state index contributed by atoms with van der Waals surface area (Å²) in [6, 6.07) is 2.43. The number of hydrogen-bond donors (Lipinski definition) is 2. The van der Waals surface area contributed by atoms with Crippen molar-refractivity contribution in [1.82, 2.24) is 14.8 Å². The zero-order valence-corrected chi connectivity index (χ0v) is 26.5. The highest BCUT2D eigenvalue weighted by atomic mass is 35.5. The van der Waals surface area contributed by atoms with Gasteiger partial charge in [0.25, 0.3) is 6.43 Å². The topological polar surface area (TPSA) is 131 Å². The molecule has 3 fully saturated rings. The van der Waals surface area contributed by atoms with Gasteiger partial charge in [-0.1, -0.05) is 11.6 Å². The number of hydrazine groups is 1. The molecule has 0 aromatic heterocycles. The van der Waals surface area contributed by atoms with Crippen LogP contribution in [0.3, 0.4) is 0 Å². The van der Waals surface area contributed by atoms with Gasteiger partial charge in [0.05, 0.1) is 30.2 Å². The number of esters is 1. The molecular formula is C31H41ClF3N5O5. The Morgan fingerprint density at radius 3 is 2.56 bits per heavy atom. The number of fused-ring (bicyclic) bond motifs is 1. The highest BCUT2D eigenvalue weighted by Crippen LogP contribution is 2.54. The average molecular weight is 656 g/mol. The lowest BCUT2D eigenvalue weighted by Crippen LogP contribution is -2.54. The molecule has 4 atom stereocenters. The molecule has 248 valence electrons. The second kappa shape index (κ2) is 12.5. The summed E-state index contributed by atoms with van der Waals surface area (Å²) in [5, 5.41) is 1.15. The van der Waals surface area contributed by atoms with Crippen LogP contribution in [0.4, 0.5) is 13.2 Å². The number of alkyl halides is 3. The number of methoxy groups -OCH3 is 1. The van der Waals surface area contributed by atoms with Gasteiger partial charge in [0.15, 0.2) is 0 Å². The van der Waals surface area contributed by atoms with Crippen LogP contribution in [0.25, 0.3) is 0 Å². The molecule has 2 saturated carbocycles. The minimum Gasteiger partial charge on any atom is -0.487 e. The van der Waals surface area contributed by atoms with E-state index in [4.69, 9.17) is 32.7 Å². The number of halogens is 4. The van der Waals surface area contributed by atoms with E-state index < -0.39 is 54.2 Å². The first kappa shape index (κ1) is 33.2. The summed E-state index contributed by atoms with van der Waals surface area (Å²) in [5.41, 5.74) is 5.02. The van der Waals surface area contributed by atoms with Gasteiger partial charge in [-0.2, -0.15) is 0 Å². The molecule has 14 heteroatoms. The summed E-state index contributed by atoms with van der Waals surface area (Å²) in [5.74, 6) is 3.79. The Morgan fingerprint density at radius 2 is 1.96 bits per heavy atom. The third-order valence-electron chi connectivity index (χ3n) is 10.1. The lowest BCUT2D eigenvalue weighted by atomic mass is 9.66. The van der Waals surface area contributed by atoms with Crippen molar-refractivity contribution >= 4 is 29.4 Å². The van der Waals surface area contributed by atoms with Gasteiger partial charge >= 0.3 is 5.97 Å².